The Balaban J connectivity index is 1.66. The molecule has 146 valence electrons. The van der Waals surface area contributed by atoms with Crippen molar-refractivity contribution in [2.24, 2.45) is 5.73 Å². The Morgan fingerprint density at radius 1 is 1.10 bits per heavy atom. The summed E-state index contributed by atoms with van der Waals surface area (Å²) >= 11 is 1.59. The van der Waals surface area contributed by atoms with Crippen LogP contribution in [0.25, 0.3) is 11.3 Å². The first-order valence-corrected chi connectivity index (χ1v) is 10.5. The maximum absolute atomic E-state index is 9.36. The van der Waals surface area contributed by atoms with Crippen molar-refractivity contribution in [1.29, 1.82) is 5.26 Å². The fourth-order valence-corrected chi connectivity index (χ4v) is 4.39. The average Bonchev–Trinajstić information content (AvgIpc) is 3.30. The zero-order valence-corrected chi connectivity index (χ0v) is 16.9. The van der Waals surface area contributed by atoms with E-state index in [2.05, 4.69) is 38.3 Å². The zero-order valence-electron chi connectivity index (χ0n) is 16.1. The molecule has 29 heavy (non-hydrogen) atoms. The number of nitrogens with zero attached hydrogens (tertiary/aromatic N) is 5. The van der Waals surface area contributed by atoms with E-state index in [-0.39, 0.29) is 0 Å². The fraction of sp³-hybridized carbons (Fsp3) is 0.273. The van der Waals surface area contributed by atoms with Gasteiger partial charge in [0.25, 0.3) is 0 Å². The Morgan fingerprint density at radius 2 is 1.97 bits per heavy atom. The Labute approximate surface area is 174 Å². The van der Waals surface area contributed by atoms with Gasteiger partial charge >= 0.3 is 0 Å². The molecular formula is C22H22N6S. The van der Waals surface area contributed by atoms with Crippen molar-refractivity contribution in [3.05, 3.63) is 59.9 Å². The van der Waals surface area contributed by atoms with E-state index < -0.39 is 0 Å². The van der Waals surface area contributed by atoms with Crippen LogP contribution in [0, 0.1) is 11.3 Å². The van der Waals surface area contributed by atoms with Gasteiger partial charge in [-0.25, -0.2) is 0 Å². The number of hydrogen-bond acceptors (Lipinski definition) is 7. The summed E-state index contributed by atoms with van der Waals surface area (Å²) in [5.74, 6) is 0.912. The summed E-state index contributed by atoms with van der Waals surface area (Å²) in [5.41, 5.74) is 9.24. The molecule has 1 fully saturated rings. The normalized spacial score (nSPS) is 13.4. The molecule has 0 unspecified atom stereocenters. The van der Waals surface area contributed by atoms with Gasteiger partial charge in [-0.3, -0.25) is 4.98 Å². The highest BCUT2D eigenvalue weighted by atomic mass is 32.2. The highest BCUT2D eigenvalue weighted by Gasteiger charge is 2.16. The minimum Gasteiger partial charge on any atom is -0.355 e. The van der Waals surface area contributed by atoms with Crippen LogP contribution in [0.5, 0.6) is 0 Å². The lowest BCUT2D eigenvalue weighted by atomic mass is 10.1. The van der Waals surface area contributed by atoms with E-state index >= 15 is 0 Å². The standard InChI is InChI=1S/C22H22N6S/c23-8-7-16-4-6-20(25-14-16)19-5-3-17(13-24)11-21(19)29-18-12-22(27-26-15-18)28-9-1-2-10-28/h3-6,11-12,14-15H,1-2,7-10,23H2. The van der Waals surface area contributed by atoms with Gasteiger partial charge in [-0.15, -0.1) is 5.10 Å². The van der Waals surface area contributed by atoms with Crippen molar-refractivity contribution in [3.63, 3.8) is 0 Å². The van der Waals surface area contributed by atoms with E-state index in [4.69, 9.17) is 5.73 Å². The molecule has 0 atom stereocenters. The molecule has 3 heterocycles. The number of rotatable bonds is 6. The van der Waals surface area contributed by atoms with E-state index in [0.717, 1.165) is 51.9 Å². The molecule has 6 nitrogen and oxygen atoms in total. The summed E-state index contributed by atoms with van der Waals surface area (Å²) in [7, 11) is 0. The van der Waals surface area contributed by atoms with E-state index in [0.29, 0.717) is 12.1 Å². The van der Waals surface area contributed by atoms with Crippen LogP contribution in [0.1, 0.15) is 24.0 Å². The van der Waals surface area contributed by atoms with Crippen molar-refractivity contribution < 1.29 is 0 Å². The highest BCUT2D eigenvalue weighted by molar-refractivity contribution is 7.99. The Hall–Kier alpha value is -2.95. The third-order valence-electron chi connectivity index (χ3n) is 4.92. The van der Waals surface area contributed by atoms with E-state index in [1.165, 1.54) is 12.8 Å². The summed E-state index contributed by atoms with van der Waals surface area (Å²) < 4.78 is 0. The van der Waals surface area contributed by atoms with Crippen molar-refractivity contribution in [2.75, 3.05) is 24.5 Å². The number of aromatic nitrogens is 3. The number of hydrogen-bond donors (Lipinski definition) is 1. The average molecular weight is 403 g/mol. The Morgan fingerprint density at radius 3 is 2.69 bits per heavy atom. The number of nitrogens with two attached hydrogens (primary N) is 1. The van der Waals surface area contributed by atoms with Gasteiger partial charge in [0, 0.05) is 34.6 Å². The van der Waals surface area contributed by atoms with E-state index in [1.54, 1.807) is 18.0 Å². The number of benzene rings is 1. The van der Waals surface area contributed by atoms with Gasteiger partial charge in [0.15, 0.2) is 5.82 Å². The highest BCUT2D eigenvalue weighted by Crippen LogP contribution is 2.36. The lowest BCUT2D eigenvalue weighted by molar-refractivity contribution is 0.880. The Kier molecular flexibility index (Phi) is 6.03. The molecule has 1 aliphatic heterocycles. The second-order valence-corrected chi connectivity index (χ2v) is 8.07. The van der Waals surface area contributed by atoms with Gasteiger partial charge in [0.2, 0.25) is 0 Å². The molecule has 0 aliphatic carbocycles. The largest absolute Gasteiger partial charge is 0.355 e. The van der Waals surface area contributed by atoms with Gasteiger partial charge in [-0.1, -0.05) is 23.9 Å². The van der Waals surface area contributed by atoms with Crippen LogP contribution in [-0.4, -0.2) is 34.8 Å². The second-order valence-electron chi connectivity index (χ2n) is 6.96. The van der Waals surface area contributed by atoms with Gasteiger partial charge in [-0.05, 0) is 55.6 Å². The molecule has 0 radical (unpaired) electrons. The van der Waals surface area contributed by atoms with Crippen molar-refractivity contribution in [1.82, 2.24) is 15.2 Å². The zero-order chi connectivity index (χ0) is 20.1. The SMILES string of the molecule is N#Cc1ccc(-c2ccc(CCN)cn2)c(Sc2cnnc(N3CCCC3)c2)c1. The summed E-state index contributed by atoms with van der Waals surface area (Å²) in [5, 5.41) is 17.8. The van der Waals surface area contributed by atoms with E-state index in [9.17, 15) is 5.26 Å². The van der Waals surface area contributed by atoms with Crippen LogP contribution < -0.4 is 10.6 Å². The third kappa shape index (κ3) is 4.56. The molecule has 3 aromatic rings. The molecule has 0 bridgehead atoms. The summed E-state index contributed by atoms with van der Waals surface area (Å²) in [6, 6.07) is 14.1. The number of nitriles is 1. The Bertz CT molecular complexity index is 1020. The predicted octanol–water partition coefficient (Wildman–Crippen LogP) is 3.66. The maximum atomic E-state index is 9.36. The molecule has 0 spiro atoms. The predicted molar refractivity (Wildman–Crippen MR) is 115 cm³/mol. The minimum absolute atomic E-state index is 0.605. The van der Waals surface area contributed by atoms with E-state index in [1.807, 2.05) is 30.5 Å². The third-order valence-corrected chi connectivity index (χ3v) is 5.94. The molecular weight excluding hydrogens is 380 g/mol. The van der Waals surface area contributed by atoms with Crippen LogP contribution in [0.15, 0.2) is 58.6 Å². The first kappa shape index (κ1) is 19.4. The lowest BCUT2D eigenvalue weighted by Gasteiger charge is -2.16. The van der Waals surface area contributed by atoms with Crippen LogP contribution in [-0.2, 0) is 6.42 Å². The van der Waals surface area contributed by atoms with Crippen LogP contribution in [0.3, 0.4) is 0 Å². The van der Waals surface area contributed by atoms with Crippen molar-refractivity contribution >= 4 is 17.6 Å². The van der Waals surface area contributed by atoms with Gasteiger partial charge < -0.3 is 10.6 Å². The van der Waals surface area contributed by atoms with Crippen LogP contribution in [0.2, 0.25) is 0 Å². The molecule has 0 saturated carbocycles. The lowest BCUT2D eigenvalue weighted by Crippen LogP contribution is -2.19. The van der Waals surface area contributed by atoms with Crippen molar-refractivity contribution in [2.45, 2.75) is 29.1 Å². The summed E-state index contributed by atoms with van der Waals surface area (Å²) in [4.78, 5) is 8.86. The fourth-order valence-electron chi connectivity index (χ4n) is 3.41. The number of pyridine rings is 1. The molecule has 1 saturated heterocycles. The molecule has 2 aromatic heterocycles. The van der Waals surface area contributed by atoms with Crippen molar-refractivity contribution in [3.8, 4) is 17.3 Å². The van der Waals surface area contributed by atoms with Gasteiger partial charge in [0.05, 0.1) is 23.5 Å². The first-order chi connectivity index (χ1) is 14.3. The molecule has 7 heteroatoms. The van der Waals surface area contributed by atoms with Crippen LogP contribution >= 0.6 is 11.8 Å². The molecule has 1 aliphatic rings. The maximum Gasteiger partial charge on any atom is 0.152 e. The monoisotopic (exact) mass is 402 g/mol. The first-order valence-electron chi connectivity index (χ1n) is 9.72. The smallest absolute Gasteiger partial charge is 0.152 e. The quantitative estimate of drug-likeness (QED) is 0.672. The summed E-state index contributed by atoms with van der Waals surface area (Å²) in [6.45, 7) is 2.65. The molecule has 1 aromatic carbocycles. The van der Waals surface area contributed by atoms with Gasteiger partial charge in [0.1, 0.15) is 0 Å². The minimum atomic E-state index is 0.605. The number of anilines is 1. The molecule has 2 N–H and O–H groups in total. The molecule has 0 amide bonds. The second kappa shape index (κ2) is 9.03. The molecule has 4 rings (SSSR count). The summed E-state index contributed by atoms with van der Waals surface area (Å²) in [6.07, 6.45) is 6.84. The topological polar surface area (TPSA) is 91.7 Å². The van der Waals surface area contributed by atoms with Gasteiger partial charge in [-0.2, -0.15) is 10.4 Å². The van der Waals surface area contributed by atoms with Crippen LogP contribution in [0.4, 0.5) is 5.82 Å².